The van der Waals surface area contributed by atoms with E-state index in [1.165, 1.54) is 50.2 Å². The molecule has 6 aromatic rings. The number of carbonyl (C=O) groups excluding carboxylic acids is 6. The minimum Gasteiger partial charge on any atom is -0.465 e. The highest BCUT2D eigenvalue weighted by molar-refractivity contribution is 7.53. The molecule has 1 N–H and O–H groups in total. The Bertz CT molecular complexity index is 4500. The molecule has 133 heavy (non-hydrogen) atoms. The van der Waals surface area contributed by atoms with Gasteiger partial charge in [-0.3, -0.25) is 64.8 Å². The number of phosphoric acid groups is 2. The number of hydrogen-bond acceptors (Lipinski definition) is 30. The quantitative estimate of drug-likeness (QED) is 0.0122. The molecule has 6 aromatic carbocycles. The van der Waals surface area contributed by atoms with Gasteiger partial charge in [0.05, 0.1) is 136 Å². The number of unbranched alkanes of at least 4 members (excludes halogenated alkanes) is 3. The first-order chi connectivity index (χ1) is 62.6. The molecule has 0 saturated carbocycles. The molecule has 7 unspecified atom stereocenters. The fourth-order valence-corrected chi connectivity index (χ4v) is 17.7. The number of para-hydroxylation sites is 1. The number of fused-ring (bicyclic) bond motifs is 1. The number of phosphoric ester groups is 2. The van der Waals surface area contributed by atoms with Gasteiger partial charge in [0.2, 0.25) is 0 Å². The lowest BCUT2D eigenvalue weighted by atomic mass is 9.97. The van der Waals surface area contributed by atoms with Crippen LogP contribution in [0.1, 0.15) is 263 Å². The van der Waals surface area contributed by atoms with E-state index >= 15 is 0 Å². The summed E-state index contributed by atoms with van der Waals surface area (Å²) in [7, 11) is -16.0. The van der Waals surface area contributed by atoms with Crippen molar-refractivity contribution < 1.29 is 139 Å². The third-order valence-corrected chi connectivity index (χ3v) is 26.3. The summed E-state index contributed by atoms with van der Waals surface area (Å²) in [4.78, 5) is 72.2. The van der Waals surface area contributed by atoms with E-state index in [2.05, 4.69) is 65.8 Å². The van der Waals surface area contributed by atoms with Gasteiger partial charge in [-0.15, -0.1) is 0 Å². The van der Waals surface area contributed by atoms with E-state index < -0.39 is 50.4 Å². The maximum atomic E-state index is 12.5. The van der Waals surface area contributed by atoms with Crippen LogP contribution in [0.25, 0.3) is 10.8 Å². The van der Waals surface area contributed by atoms with Crippen LogP contribution in [0, 0.1) is 23.7 Å². The number of aliphatic hydroxyl groups excluding tert-OH is 1. The predicted molar refractivity (Wildman–Crippen MR) is 521 cm³/mol. The number of rotatable bonds is 59. The zero-order valence-electron chi connectivity index (χ0n) is 81.8. The molecule has 30 nitrogen and oxygen atoms in total. The second-order valence-electron chi connectivity index (χ2n) is 31.9. The fraction of sp³-hybridized carbons (Fsp3) is 0.592. The van der Waals surface area contributed by atoms with E-state index in [1.807, 2.05) is 81.4 Å². The Morgan fingerprint density at radius 3 is 1.17 bits per heavy atom. The normalized spacial score (nSPS) is 13.6. The van der Waals surface area contributed by atoms with Gasteiger partial charge in [0.25, 0.3) is 0 Å². The van der Waals surface area contributed by atoms with Gasteiger partial charge < -0.3 is 60.7 Å². The van der Waals surface area contributed by atoms with Crippen molar-refractivity contribution in [2.75, 3.05) is 119 Å². The first kappa shape index (κ1) is 124. The van der Waals surface area contributed by atoms with Gasteiger partial charge in [0.1, 0.15) is 17.1 Å². The molecule has 7 atom stereocenters. The summed E-state index contributed by atoms with van der Waals surface area (Å²) in [6, 6.07) is 41.1. The Hall–Kier alpha value is -6.97. The topological polar surface area (TPSA) is 374 Å². The highest BCUT2D eigenvalue weighted by Crippen LogP contribution is 2.51. The average molecular weight is 1970 g/mol. The van der Waals surface area contributed by atoms with Gasteiger partial charge in [0, 0.05) is 32.8 Å². The van der Waals surface area contributed by atoms with Gasteiger partial charge >= 0.3 is 74.2 Å². The van der Waals surface area contributed by atoms with Crippen molar-refractivity contribution in [3.8, 4) is 11.5 Å². The molecule has 0 radical (unpaired) electrons. The summed E-state index contributed by atoms with van der Waals surface area (Å²) in [5.41, 5.74) is 7.16. The third kappa shape index (κ3) is 54.1. The lowest BCUT2D eigenvalue weighted by Crippen LogP contribution is -2.18. The zero-order valence-corrected chi connectivity index (χ0v) is 86.2. The maximum absolute atomic E-state index is 12.5. The maximum Gasteiger partial charge on any atom is 0.474 e. The van der Waals surface area contributed by atoms with Crippen molar-refractivity contribution >= 4 is 85.0 Å². The standard InChI is InChI=1S/C23H31O5P.C21H29O6P.C20H33O5P.C17H25O8P.C16H33O6P.CH4/c1-6-26-29(5,25)27-16-20-9-13-22(14-10-20)28-23(24)18(4)21-11-7-19(8-12-21)15-17(2)3;1-4-26-28(3,24)27-12-6-5-11-25-21(23)16(2)18-9-10-19-13-17(15-22)7-8-20(19)14-18;1-6-24-26(5,22)25-14-8-7-13-23-20(21)17(4)19-11-9-18(10-12-19)15-16(2)3;1-5-22-26(20,23-6-2)24-12-13(3)11-21-17(19)15-9-7-8-10-16(15)25-14(4)18;1-5-11-15(12-6-2)16(17)19-13-9-10-14-22-23(18,20-7-3)21-8-4;/h7-14,17-18H,6,15-16H2,1-5H3;7-10,13-14,16,22H,4-6,11-12,15H2,1-3H3;9-12,16-17H,6-8,13-15H2,1-5H3;7-10,13H,5-6,11-12H2,1-4H3;15H,5-14H2,1-4H3;1H4. The summed E-state index contributed by atoms with van der Waals surface area (Å²) >= 11 is 0. The molecule has 6 rings (SSSR count). The van der Waals surface area contributed by atoms with Crippen LogP contribution in [-0.2, 0) is 146 Å². The SMILES string of the molecule is C.CCCC(CCC)C(=O)OCCCCOP(=O)(OCC)OCC.CCOP(=O)(OCC)OCC(C)COC(=O)c1ccccc1OC(C)=O.CCOP(C)(=O)OCCCCOC(=O)C(C)c1ccc(CC(C)C)cc1.CCOP(C)(=O)OCCCCOC(=O)C(C)c1ccc2cc(CO)ccc2c1.CCOP(C)(=O)OCc1ccc(OC(=O)C(C)c2ccc(CC(C)C)cc2)cc1. The van der Waals surface area contributed by atoms with Gasteiger partial charge in [-0.1, -0.05) is 172 Å². The lowest BCUT2D eigenvalue weighted by molar-refractivity contribution is -0.149. The van der Waals surface area contributed by atoms with Gasteiger partial charge in [-0.25, -0.2) is 13.9 Å². The van der Waals surface area contributed by atoms with Crippen LogP contribution >= 0.6 is 38.4 Å². The second kappa shape index (κ2) is 68.9. The summed E-state index contributed by atoms with van der Waals surface area (Å²) < 4.78 is 153. The number of carbonyl (C=O) groups is 6. The first-order valence-electron chi connectivity index (χ1n) is 45.9. The summed E-state index contributed by atoms with van der Waals surface area (Å²) in [5.74, 6) is -1.53. The number of esters is 6. The molecule has 0 amide bonds. The fourth-order valence-electron chi connectivity index (χ4n) is 12.3. The molecule has 0 aliphatic heterocycles. The van der Waals surface area contributed by atoms with Crippen molar-refractivity contribution in [3.05, 3.63) is 178 Å². The average Bonchev–Trinajstić information content (AvgIpc) is 0.822. The van der Waals surface area contributed by atoms with Crippen LogP contribution in [0.3, 0.4) is 0 Å². The molecule has 0 aliphatic carbocycles. The zero-order chi connectivity index (χ0) is 98.7. The third-order valence-electron chi connectivity index (χ3n) is 19.0. The Morgan fingerprint density at radius 1 is 0.361 bits per heavy atom. The van der Waals surface area contributed by atoms with Crippen molar-refractivity contribution in [1.82, 2.24) is 0 Å². The highest BCUT2D eigenvalue weighted by Gasteiger charge is 2.30. The number of benzene rings is 6. The van der Waals surface area contributed by atoms with Crippen LogP contribution in [0.5, 0.6) is 11.5 Å². The highest BCUT2D eigenvalue weighted by atomic mass is 31.2. The number of aliphatic hydroxyl groups is 1. The van der Waals surface area contributed by atoms with Crippen molar-refractivity contribution in [1.29, 1.82) is 0 Å². The van der Waals surface area contributed by atoms with Crippen molar-refractivity contribution in [2.24, 2.45) is 23.7 Å². The molecule has 0 bridgehead atoms. The molecular formula is C98H155O30P5. The number of hydrogen-bond donors (Lipinski definition) is 1. The largest absolute Gasteiger partial charge is 0.474 e. The van der Waals surface area contributed by atoms with E-state index in [-0.39, 0.29) is 132 Å². The Labute approximate surface area is 792 Å². The molecule has 35 heteroatoms. The van der Waals surface area contributed by atoms with Crippen LogP contribution < -0.4 is 9.47 Å². The molecule has 0 fully saturated rings. The second-order valence-corrected chi connectivity index (χ2v) is 41.4. The minimum absolute atomic E-state index is 0. The van der Waals surface area contributed by atoms with Crippen LogP contribution in [0.2, 0.25) is 0 Å². The van der Waals surface area contributed by atoms with Crippen molar-refractivity contribution in [3.63, 3.8) is 0 Å². The van der Waals surface area contributed by atoms with E-state index in [0.717, 1.165) is 77.1 Å². The molecule has 0 spiro atoms. The molecule has 0 aliphatic rings. The van der Waals surface area contributed by atoms with Gasteiger partial charge in [-0.05, 0) is 225 Å². The smallest absolute Gasteiger partial charge is 0.465 e. The first-order valence-corrected chi connectivity index (χ1v) is 54.8. The molecule has 752 valence electrons. The monoisotopic (exact) mass is 1970 g/mol. The lowest BCUT2D eigenvalue weighted by Gasteiger charge is -2.19. The van der Waals surface area contributed by atoms with E-state index in [0.29, 0.717) is 109 Å². The minimum atomic E-state index is -3.60. The Morgan fingerprint density at radius 2 is 0.737 bits per heavy atom. The van der Waals surface area contributed by atoms with E-state index in [1.54, 1.807) is 91.8 Å². The van der Waals surface area contributed by atoms with Crippen molar-refractivity contribution in [2.45, 2.75) is 240 Å². The molecule has 0 aromatic heterocycles. The summed E-state index contributed by atoms with van der Waals surface area (Å²) in [6.07, 6.45) is 9.66. The van der Waals surface area contributed by atoms with Crippen LogP contribution in [0.15, 0.2) is 133 Å². The molecule has 0 heterocycles. The summed E-state index contributed by atoms with van der Waals surface area (Å²) in [6.45, 7) is 42.0. The van der Waals surface area contributed by atoms with Gasteiger partial charge in [0.15, 0.2) is 0 Å². The molecular weight excluding hydrogens is 1810 g/mol. The number of ether oxygens (including phenoxy) is 6. The van der Waals surface area contributed by atoms with E-state index in [4.69, 9.17) is 82.7 Å². The van der Waals surface area contributed by atoms with Crippen LogP contribution in [0.4, 0.5) is 0 Å². The van der Waals surface area contributed by atoms with E-state index in [9.17, 15) is 56.7 Å². The Balaban J connectivity index is 0.000000832. The Kier molecular flexibility index (Phi) is 64.3. The summed E-state index contributed by atoms with van der Waals surface area (Å²) in [5, 5.41) is 11.3. The van der Waals surface area contributed by atoms with Crippen LogP contribution in [-0.4, -0.2) is 160 Å². The van der Waals surface area contributed by atoms with Gasteiger partial charge in [-0.2, -0.15) is 0 Å². The molecule has 0 saturated heterocycles. The predicted octanol–water partition coefficient (Wildman–Crippen LogP) is 24.8.